The molecule has 0 aliphatic carbocycles. The Bertz CT molecular complexity index is 368. The van der Waals surface area contributed by atoms with Crippen LogP contribution in [0.25, 0.3) is 0 Å². The lowest BCUT2D eigenvalue weighted by Gasteiger charge is -2.26. The lowest BCUT2D eigenvalue weighted by atomic mass is 10.1. The van der Waals surface area contributed by atoms with Gasteiger partial charge in [-0.05, 0) is 25.0 Å². The van der Waals surface area contributed by atoms with Crippen molar-refractivity contribution in [1.82, 2.24) is 10.3 Å². The van der Waals surface area contributed by atoms with Gasteiger partial charge in [-0.3, -0.25) is 0 Å². The van der Waals surface area contributed by atoms with Crippen molar-refractivity contribution in [3.8, 4) is 0 Å². The molecule has 1 fully saturated rings. The summed E-state index contributed by atoms with van der Waals surface area (Å²) in [5.41, 5.74) is 1.15. The van der Waals surface area contributed by atoms with Gasteiger partial charge in [-0.15, -0.1) is 0 Å². The van der Waals surface area contributed by atoms with Crippen LogP contribution in [0.2, 0.25) is 0 Å². The van der Waals surface area contributed by atoms with Crippen molar-refractivity contribution >= 4 is 5.82 Å². The minimum atomic E-state index is 0.507. The van der Waals surface area contributed by atoms with Crippen molar-refractivity contribution in [3.05, 3.63) is 23.9 Å². The maximum absolute atomic E-state index is 4.80. The fraction of sp³-hybridized carbons (Fsp3) is 0.688. The third kappa shape index (κ3) is 4.83. The van der Waals surface area contributed by atoms with Crippen molar-refractivity contribution in [2.24, 2.45) is 0 Å². The molecule has 1 aromatic rings. The van der Waals surface area contributed by atoms with E-state index in [1.54, 1.807) is 0 Å². The highest BCUT2D eigenvalue weighted by Crippen LogP contribution is 2.17. The number of hydrogen-bond donors (Lipinski definition) is 1. The quantitative estimate of drug-likeness (QED) is 0.901. The minimum absolute atomic E-state index is 0.507. The second-order valence-corrected chi connectivity index (χ2v) is 5.78. The zero-order chi connectivity index (χ0) is 13.5. The summed E-state index contributed by atoms with van der Waals surface area (Å²) < 4.78 is 0. The van der Waals surface area contributed by atoms with E-state index in [9.17, 15) is 0 Å². The highest BCUT2D eigenvalue weighted by molar-refractivity contribution is 5.39. The van der Waals surface area contributed by atoms with E-state index in [1.807, 2.05) is 0 Å². The van der Waals surface area contributed by atoms with E-state index in [0.717, 1.165) is 31.1 Å². The number of anilines is 1. The molecule has 0 amide bonds. The molecule has 2 rings (SSSR count). The first-order valence-corrected chi connectivity index (χ1v) is 7.70. The van der Waals surface area contributed by atoms with Gasteiger partial charge in [-0.25, -0.2) is 4.98 Å². The Labute approximate surface area is 117 Å². The van der Waals surface area contributed by atoms with Gasteiger partial charge in [0, 0.05) is 25.7 Å². The van der Waals surface area contributed by atoms with Gasteiger partial charge in [0.2, 0.25) is 0 Å². The van der Waals surface area contributed by atoms with Crippen LogP contribution in [0.4, 0.5) is 5.82 Å². The van der Waals surface area contributed by atoms with Crippen molar-refractivity contribution in [1.29, 1.82) is 0 Å². The van der Waals surface area contributed by atoms with Crippen LogP contribution in [-0.2, 0) is 6.54 Å². The zero-order valence-electron chi connectivity index (χ0n) is 12.4. The Morgan fingerprint density at radius 1 is 1.11 bits per heavy atom. The van der Waals surface area contributed by atoms with Crippen molar-refractivity contribution in [2.75, 3.05) is 18.0 Å². The molecule has 0 unspecified atom stereocenters. The summed E-state index contributed by atoms with van der Waals surface area (Å²) in [4.78, 5) is 7.26. The lowest BCUT2D eigenvalue weighted by Crippen LogP contribution is -2.28. The number of aromatic nitrogens is 1. The summed E-state index contributed by atoms with van der Waals surface area (Å²) in [6, 6.07) is 6.91. The standard InChI is InChI=1S/C16H27N3/c1-14(2)17-13-15-9-8-10-16(18-15)19-11-6-4-3-5-7-12-19/h8-10,14,17H,3-7,11-13H2,1-2H3. The molecular weight excluding hydrogens is 234 g/mol. The summed E-state index contributed by atoms with van der Waals surface area (Å²) in [7, 11) is 0. The molecule has 3 nitrogen and oxygen atoms in total. The van der Waals surface area contributed by atoms with E-state index in [4.69, 9.17) is 4.98 Å². The van der Waals surface area contributed by atoms with Crippen molar-refractivity contribution in [3.63, 3.8) is 0 Å². The highest BCUT2D eigenvalue weighted by atomic mass is 15.2. The first-order valence-electron chi connectivity index (χ1n) is 7.70. The molecule has 1 saturated heterocycles. The molecule has 2 heterocycles. The molecule has 106 valence electrons. The number of nitrogens with zero attached hydrogens (tertiary/aromatic N) is 2. The molecule has 0 spiro atoms. The Hall–Kier alpha value is -1.09. The number of nitrogens with one attached hydrogen (secondary N) is 1. The Kier molecular flexibility index (Phi) is 5.64. The van der Waals surface area contributed by atoms with Crippen LogP contribution in [-0.4, -0.2) is 24.1 Å². The van der Waals surface area contributed by atoms with Gasteiger partial charge in [0.05, 0.1) is 5.69 Å². The summed E-state index contributed by atoms with van der Waals surface area (Å²) >= 11 is 0. The molecule has 0 aromatic carbocycles. The monoisotopic (exact) mass is 261 g/mol. The second-order valence-electron chi connectivity index (χ2n) is 5.78. The Morgan fingerprint density at radius 2 is 1.79 bits per heavy atom. The predicted molar refractivity (Wildman–Crippen MR) is 81.5 cm³/mol. The summed E-state index contributed by atoms with van der Waals surface area (Å²) in [5, 5.41) is 3.43. The third-order valence-corrected chi connectivity index (χ3v) is 3.66. The first kappa shape index (κ1) is 14.3. The molecule has 3 heteroatoms. The van der Waals surface area contributed by atoms with Crippen LogP contribution in [0.3, 0.4) is 0 Å². The molecular formula is C16H27N3. The van der Waals surface area contributed by atoms with E-state index < -0.39 is 0 Å². The van der Waals surface area contributed by atoms with Gasteiger partial charge in [0.25, 0.3) is 0 Å². The van der Waals surface area contributed by atoms with Crippen molar-refractivity contribution in [2.45, 2.75) is 58.5 Å². The van der Waals surface area contributed by atoms with Gasteiger partial charge >= 0.3 is 0 Å². The average Bonchev–Trinajstić information content (AvgIpc) is 2.36. The zero-order valence-corrected chi connectivity index (χ0v) is 12.4. The highest BCUT2D eigenvalue weighted by Gasteiger charge is 2.10. The van der Waals surface area contributed by atoms with E-state index in [-0.39, 0.29) is 0 Å². The minimum Gasteiger partial charge on any atom is -0.357 e. The molecule has 1 N–H and O–H groups in total. The van der Waals surface area contributed by atoms with Gasteiger partial charge in [-0.2, -0.15) is 0 Å². The summed E-state index contributed by atoms with van der Waals surface area (Å²) in [6.45, 7) is 7.52. The topological polar surface area (TPSA) is 28.2 Å². The fourth-order valence-electron chi connectivity index (χ4n) is 2.53. The summed E-state index contributed by atoms with van der Waals surface area (Å²) in [5.74, 6) is 1.16. The van der Waals surface area contributed by atoms with E-state index in [1.165, 1.54) is 32.1 Å². The third-order valence-electron chi connectivity index (χ3n) is 3.66. The van der Waals surface area contributed by atoms with Crippen molar-refractivity contribution < 1.29 is 0 Å². The predicted octanol–water partition coefficient (Wildman–Crippen LogP) is 3.35. The first-order chi connectivity index (χ1) is 9.25. The van der Waals surface area contributed by atoms with Gasteiger partial charge in [0.1, 0.15) is 5.82 Å². The molecule has 0 saturated carbocycles. The fourth-order valence-corrected chi connectivity index (χ4v) is 2.53. The summed E-state index contributed by atoms with van der Waals surface area (Å²) in [6.07, 6.45) is 6.74. The molecule has 0 bridgehead atoms. The molecule has 1 aliphatic rings. The molecule has 1 aliphatic heterocycles. The normalized spacial score (nSPS) is 17.3. The maximum atomic E-state index is 4.80. The second kappa shape index (κ2) is 7.49. The molecule has 0 radical (unpaired) electrons. The van der Waals surface area contributed by atoms with Crippen LogP contribution in [0, 0.1) is 0 Å². The van der Waals surface area contributed by atoms with E-state index >= 15 is 0 Å². The van der Waals surface area contributed by atoms with Gasteiger partial charge in [0.15, 0.2) is 0 Å². The van der Waals surface area contributed by atoms with Crippen LogP contribution in [0.15, 0.2) is 18.2 Å². The van der Waals surface area contributed by atoms with Gasteiger partial charge in [-0.1, -0.05) is 39.2 Å². The molecule has 0 atom stereocenters. The van der Waals surface area contributed by atoms with Crippen LogP contribution >= 0.6 is 0 Å². The average molecular weight is 261 g/mol. The molecule has 1 aromatic heterocycles. The number of rotatable bonds is 4. The van der Waals surface area contributed by atoms with Crippen LogP contribution in [0.1, 0.15) is 51.6 Å². The maximum Gasteiger partial charge on any atom is 0.128 e. The molecule has 19 heavy (non-hydrogen) atoms. The number of pyridine rings is 1. The lowest BCUT2D eigenvalue weighted by molar-refractivity contribution is 0.551. The van der Waals surface area contributed by atoms with Crippen LogP contribution < -0.4 is 10.2 Å². The Balaban J connectivity index is 1.99. The van der Waals surface area contributed by atoms with Gasteiger partial charge < -0.3 is 10.2 Å². The van der Waals surface area contributed by atoms with E-state index in [0.29, 0.717) is 6.04 Å². The SMILES string of the molecule is CC(C)NCc1cccc(N2CCCCCCC2)n1. The smallest absolute Gasteiger partial charge is 0.128 e. The largest absolute Gasteiger partial charge is 0.357 e. The van der Waals surface area contributed by atoms with Crippen LogP contribution in [0.5, 0.6) is 0 Å². The Morgan fingerprint density at radius 3 is 2.47 bits per heavy atom. The number of hydrogen-bond acceptors (Lipinski definition) is 3. The van der Waals surface area contributed by atoms with E-state index in [2.05, 4.69) is 42.3 Å².